The summed E-state index contributed by atoms with van der Waals surface area (Å²) in [6, 6.07) is 10.3. The molecule has 0 bridgehead atoms. The van der Waals surface area contributed by atoms with Crippen molar-refractivity contribution in [2.24, 2.45) is 0 Å². The Hall–Kier alpha value is -1.06. The maximum Gasteiger partial charge on any atom is 0.122 e. The second-order valence-corrected chi connectivity index (χ2v) is 6.40. The summed E-state index contributed by atoms with van der Waals surface area (Å²) in [5.74, 6) is 1.00. The highest BCUT2D eigenvalue weighted by Crippen LogP contribution is 2.21. The molecule has 0 aliphatic heterocycles. The average molecular weight is 290 g/mol. The molecule has 21 heavy (non-hydrogen) atoms. The lowest BCUT2D eigenvalue weighted by molar-refractivity contribution is 0.185. The minimum absolute atomic E-state index is 0.511. The highest BCUT2D eigenvalue weighted by atomic mass is 16.5. The molecular weight excluding hydrogens is 260 g/mol. The minimum Gasteiger partial charge on any atom is -0.496 e. The van der Waals surface area contributed by atoms with Crippen LogP contribution in [-0.4, -0.2) is 43.7 Å². The molecule has 0 amide bonds. The van der Waals surface area contributed by atoms with E-state index in [2.05, 4.69) is 43.2 Å². The van der Waals surface area contributed by atoms with Crippen molar-refractivity contribution in [3.63, 3.8) is 0 Å². The van der Waals surface area contributed by atoms with Gasteiger partial charge in [0.25, 0.3) is 0 Å². The molecule has 1 saturated carbocycles. The summed E-state index contributed by atoms with van der Waals surface area (Å²) >= 11 is 0. The minimum atomic E-state index is 0.511. The third-order valence-electron chi connectivity index (χ3n) is 4.67. The molecule has 2 atom stereocenters. The van der Waals surface area contributed by atoms with E-state index in [0.717, 1.165) is 24.8 Å². The molecule has 1 aromatic carbocycles. The van der Waals surface area contributed by atoms with Crippen LogP contribution in [0.3, 0.4) is 0 Å². The van der Waals surface area contributed by atoms with Crippen molar-refractivity contribution in [3.8, 4) is 5.75 Å². The molecule has 3 nitrogen and oxygen atoms in total. The largest absolute Gasteiger partial charge is 0.496 e. The number of ether oxygens (including phenoxy) is 1. The first kappa shape index (κ1) is 16.3. The second kappa shape index (κ2) is 7.81. The molecule has 1 fully saturated rings. The summed E-state index contributed by atoms with van der Waals surface area (Å²) in [4.78, 5) is 2.49. The molecule has 1 N–H and O–H groups in total. The van der Waals surface area contributed by atoms with Gasteiger partial charge in [-0.3, -0.25) is 0 Å². The lowest BCUT2D eigenvalue weighted by Crippen LogP contribution is -2.39. The zero-order valence-corrected chi connectivity index (χ0v) is 13.9. The van der Waals surface area contributed by atoms with Crippen molar-refractivity contribution in [1.82, 2.24) is 10.2 Å². The molecule has 0 aromatic heterocycles. The smallest absolute Gasteiger partial charge is 0.122 e. The third-order valence-corrected chi connectivity index (χ3v) is 4.67. The van der Waals surface area contributed by atoms with Gasteiger partial charge in [0.15, 0.2) is 0 Å². The predicted octanol–water partition coefficient (Wildman–Crippen LogP) is 3.09. The van der Waals surface area contributed by atoms with Crippen molar-refractivity contribution in [1.29, 1.82) is 0 Å². The van der Waals surface area contributed by atoms with Gasteiger partial charge < -0.3 is 15.0 Å². The van der Waals surface area contributed by atoms with E-state index in [1.54, 1.807) is 7.11 Å². The summed E-state index contributed by atoms with van der Waals surface area (Å²) < 4.78 is 5.46. The van der Waals surface area contributed by atoms with Crippen LogP contribution in [0.1, 0.15) is 38.7 Å². The van der Waals surface area contributed by atoms with Gasteiger partial charge in [-0.15, -0.1) is 0 Å². The predicted molar refractivity (Wildman–Crippen MR) is 89.0 cm³/mol. The van der Waals surface area contributed by atoms with Gasteiger partial charge in [0.1, 0.15) is 5.75 Å². The fourth-order valence-electron chi connectivity index (χ4n) is 2.76. The molecular formula is C18H30N2O. The first-order valence-corrected chi connectivity index (χ1v) is 8.19. The Morgan fingerprint density at radius 3 is 2.62 bits per heavy atom. The molecule has 0 radical (unpaired) electrons. The maximum atomic E-state index is 5.46. The SMILES string of the molecule is COc1ccccc1CC(C)N(C)C(C)CCNC1CC1. The summed E-state index contributed by atoms with van der Waals surface area (Å²) in [6.45, 7) is 5.77. The second-order valence-electron chi connectivity index (χ2n) is 6.40. The highest BCUT2D eigenvalue weighted by Gasteiger charge is 2.21. The van der Waals surface area contributed by atoms with E-state index in [1.807, 2.05) is 12.1 Å². The van der Waals surface area contributed by atoms with Gasteiger partial charge in [-0.2, -0.15) is 0 Å². The number of rotatable bonds is 9. The number of nitrogens with zero attached hydrogens (tertiary/aromatic N) is 1. The number of methoxy groups -OCH3 is 1. The van der Waals surface area contributed by atoms with Crippen LogP contribution in [0.4, 0.5) is 0 Å². The lowest BCUT2D eigenvalue weighted by atomic mass is 10.0. The molecule has 3 heteroatoms. The van der Waals surface area contributed by atoms with E-state index in [9.17, 15) is 0 Å². The first-order valence-electron chi connectivity index (χ1n) is 8.19. The van der Waals surface area contributed by atoms with Gasteiger partial charge in [-0.25, -0.2) is 0 Å². The van der Waals surface area contributed by atoms with Gasteiger partial charge in [-0.05, 0) is 64.8 Å². The Balaban J connectivity index is 1.81. The molecule has 0 saturated heterocycles. The Labute approximate surface area is 129 Å². The van der Waals surface area contributed by atoms with Crippen molar-refractivity contribution < 1.29 is 4.74 Å². The monoisotopic (exact) mass is 290 g/mol. The van der Waals surface area contributed by atoms with Gasteiger partial charge in [-0.1, -0.05) is 18.2 Å². The van der Waals surface area contributed by atoms with Crippen LogP contribution in [-0.2, 0) is 6.42 Å². The number of hydrogen-bond donors (Lipinski definition) is 1. The maximum absolute atomic E-state index is 5.46. The lowest BCUT2D eigenvalue weighted by Gasteiger charge is -2.31. The quantitative estimate of drug-likeness (QED) is 0.756. The molecule has 2 unspecified atom stereocenters. The van der Waals surface area contributed by atoms with E-state index in [0.29, 0.717) is 12.1 Å². The molecule has 1 aliphatic carbocycles. The number of benzene rings is 1. The summed E-state index contributed by atoms with van der Waals surface area (Å²) in [7, 11) is 3.99. The Morgan fingerprint density at radius 2 is 1.95 bits per heavy atom. The molecule has 118 valence electrons. The van der Waals surface area contributed by atoms with Gasteiger partial charge in [0.05, 0.1) is 7.11 Å². The Morgan fingerprint density at radius 1 is 1.24 bits per heavy atom. The fourth-order valence-corrected chi connectivity index (χ4v) is 2.76. The number of para-hydroxylation sites is 1. The van der Waals surface area contributed by atoms with E-state index in [1.165, 1.54) is 24.8 Å². The van der Waals surface area contributed by atoms with Gasteiger partial charge in [0, 0.05) is 18.1 Å². The highest BCUT2D eigenvalue weighted by molar-refractivity contribution is 5.33. The molecule has 1 aromatic rings. The summed E-state index contributed by atoms with van der Waals surface area (Å²) in [5.41, 5.74) is 1.29. The van der Waals surface area contributed by atoms with Gasteiger partial charge >= 0.3 is 0 Å². The topological polar surface area (TPSA) is 24.5 Å². The van der Waals surface area contributed by atoms with Crippen LogP contribution in [0.15, 0.2) is 24.3 Å². The Kier molecular flexibility index (Phi) is 6.07. The van der Waals surface area contributed by atoms with Crippen LogP contribution >= 0.6 is 0 Å². The average Bonchev–Trinajstić information content (AvgIpc) is 3.31. The van der Waals surface area contributed by atoms with Crippen molar-refractivity contribution in [2.75, 3.05) is 20.7 Å². The standard InChI is InChI=1S/C18H30N2O/c1-14(11-12-19-17-9-10-17)20(3)15(2)13-16-7-5-6-8-18(16)21-4/h5-8,14-15,17,19H,9-13H2,1-4H3. The van der Waals surface area contributed by atoms with Crippen molar-refractivity contribution >= 4 is 0 Å². The first-order chi connectivity index (χ1) is 10.1. The van der Waals surface area contributed by atoms with E-state index in [-0.39, 0.29) is 0 Å². The number of hydrogen-bond acceptors (Lipinski definition) is 3. The van der Waals surface area contributed by atoms with E-state index in [4.69, 9.17) is 4.74 Å². The Bertz CT molecular complexity index is 431. The third kappa shape index (κ3) is 5.01. The van der Waals surface area contributed by atoms with Crippen molar-refractivity contribution in [2.45, 2.75) is 57.7 Å². The van der Waals surface area contributed by atoms with Crippen LogP contribution in [0.5, 0.6) is 5.75 Å². The van der Waals surface area contributed by atoms with E-state index >= 15 is 0 Å². The fraction of sp³-hybridized carbons (Fsp3) is 0.667. The summed E-state index contributed by atoms with van der Waals surface area (Å²) in [6.07, 6.45) is 4.98. The molecule has 2 rings (SSSR count). The zero-order valence-electron chi connectivity index (χ0n) is 13.9. The van der Waals surface area contributed by atoms with Crippen LogP contribution in [0.2, 0.25) is 0 Å². The zero-order chi connectivity index (χ0) is 15.2. The number of nitrogens with one attached hydrogen (secondary N) is 1. The van der Waals surface area contributed by atoms with E-state index < -0.39 is 0 Å². The number of likely N-dealkylation sites (N-methyl/N-ethyl adjacent to an activating group) is 1. The van der Waals surface area contributed by atoms with Crippen LogP contribution < -0.4 is 10.1 Å². The van der Waals surface area contributed by atoms with Crippen molar-refractivity contribution in [3.05, 3.63) is 29.8 Å². The van der Waals surface area contributed by atoms with Crippen LogP contribution in [0, 0.1) is 0 Å². The summed E-state index contributed by atoms with van der Waals surface area (Å²) in [5, 5.41) is 3.60. The van der Waals surface area contributed by atoms with Gasteiger partial charge in [0.2, 0.25) is 0 Å². The normalized spacial score (nSPS) is 17.8. The molecule has 0 spiro atoms. The van der Waals surface area contributed by atoms with Crippen LogP contribution in [0.25, 0.3) is 0 Å². The molecule has 0 heterocycles. The molecule has 1 aliphatic rings.